The number of Topliss-reactive ketones (excluding diaryl/α,β-unsaturated/α-hetero) is 1. The van der Waals surface area contributed by atoms with Gasteiger partial charge in [0.05, 0.1) is 9.82 Å². The summed E-state index contributed by atoms with van der Waals surface area (Å²) in [5.74, 6) is -0.534. The molecule has 0 fully saturated rings. The van der Waals surface area contributed by atoms with Crippen LogP contribution in [0, 0.1) is 10.1 Å². The molecule has 0 amide bonds. The summed E-state index contributed by atoms with van der Waals surface area (Å²) in [6, 6.07) is 10.7. The molecular formula is C20H21N3O6S. The third kappa shape index (κ3) is 4.05. The summed E-state index contributed by atoms with van der Waals surface area (Å²) in [4.78, 5) is 26.1. The van der Waals surface area contributed by atoms with Gasteiger partial charge >= 0.3 is 5.69 Å². The molecule has 158 valence electrons. The minimum Gasteiger partial charge on any atom is -0.478 e. The van der Waals surface area contributed by atoms with E-state index in [1.807, 2.05) is 12.1 Å². The topological polar surface area (TPSA) is 123 Å². The van der Waals surface area contributed by atoms with E-state index >= 15 is 0 Å². The van der Waals surface area contributed by atoms with E-state index in [0.29, 0.717) is 5.56 Å². The van der Waals surface area contributed by atoms with E-state index in [9.17, 15) is 23.3 Å². The van der Waals surface area contributed by atoms with E-state index in [-0.39, 0.29) is 29.5 Å². The van der Waals surface area contributed by atoms with Crippen molar-refractivity contribution in [2.45, 2.75) is 18.7 Å². The number of hydrogen-bond acceptors (Lipinski definition) is 6. The number of ketones is 1. The van der Waals surface area contributed by atoms with Gasteiger partial charge in [0.15, 0.2) is 12.4 Å². The number of H-pyrrole nitrogens is 1. The van der Waals surface area contributed by atoms with Crippen LogP contribution in [0.4, 0.5) is 5.69 Å². The molecule has 3 aromatic rings. The Morgan fingerprint density at radius 3 is 2.53 bits per heavy atom. The molecule has 30 heavy (non-hydrogen) atoms. The lowest BCUT2D eigenvalue weighted by Gasteiger charge is -2.18. The SMILES string of the molecule is CCN(CC)S(=O)(=O)c1ccc(OCC(=O)c2c[nH]c3ccccc23)c([N+](=O)[O-])c1. The van der Waals surface area contributed by atoms with Gasteiger partial charge in [0, 0.05) is 41.8 Å². The molecule has 1 aromatic heterocycles. The largest absolute Gasteiger partial charge is 0.478 e. The average Bonchev–Trinajstić information content (AvgIpc) is 3.16. The molecule has 0 aliphatic carbocycles. The highest BCUT2D eigenvalue weighted by atomic mass is 32.2. The number of nitrogens with one attached hydrogen (secondary N) is 1. The van der Waals surface area contributed by atoms with Crippen molar-refractivity contribution in [2.24, 2.45) is 0 Å². The maximum Gasteiger partial charge on any atom is 0.312 e. The Balaban J connectivity index is 1.86. The van der Waals surface area contributed by atoms with Gasteiger partial charge in [-0.05, 0) is 18.2 Å². The van der Waals surface area contributed by atoms with Crippen molar-refractivity contribution in [1.29, 1.82) is 0 Å². The summed E-state index contributed by atoms with van der Waals surface area (Å²) in [5.41, 5.74) is 0.682. The molecular weight excluding hydrogens is 410 g/mol. The smallest absolute Gasteiger partial charge is 0.312 e. The molecule has 1 heterocycles. The van der Waals surface area contributed by atoms with E-state index in [1.165, 1.54) is 16.4 Å². The van der Waals surface area contributed by atoms with E-state index in [4.69, 9.17) is 4.74 Å². The number of aromatic nitrogens is 1. The Morgan fingerprint density at radius 2 is 1.87 bits per heavy atom. The summed E-state index contributed by atoms with van der Waals surface area (Å²) in [6.45, 7) is 3.42. The van der Waals surface area contributed by atoms with Crippen molar-refractivity contribution < 1.29 is 22.9 Å². The van der Waals surface area contributed by atoms with Gasteiger partial charge in [0.1, 0.15) is 0 Å². The van der Waals surface area contributed by atoms with Gasteiger partial charge < -0.3 is 9.72 Å². The molecule has 0 saturated heterocycles. The molecule has 0 atom stereocenters. The van der Waals surface area contributed by atoms with Crippen LogP contribution in [0.25, 0.3) is 10.9 Å². The monoisotopic (exact) mass is 431 g/mol. The molecule has 0 unspecified atom stereocenters. The number of nitro benzene ring substituents is 1. The molecule has 0 radical (unpaired) electrons. The Morgan fingerprint density at radius 1 is 1.17 bits per heavy atom. The fourth-order valence-electron chi connectivity index (χ4n) is 3.16. The molecule has 0 bridgehead atoms. The van der Waals surface area contributed by atoms with Gasteiger partial charge in [0.25, 0.3) is 0 Å². The first-order chi connectivity index (χ1) is 14.3. The van der Waals surface area contributed by atoms with E-state index in [2.05, 4.69) is 4.98 Å². The summed E-state index contributed by atoms with van der Waals surface area (Å²) >= 11 is 0. The predicted molar refractivity (Wildman–Crippen MR) is 111 cm³/mol. The summed E-state index contributed by atoms with van der Waals surface area (Å²) in [5, 5.41) is 12.2. The number of nitrogens with zero attached hydrogens (tertiary/aromatic N) is 2. The lowest BCUT2D eigenvalue weighted by molar-refractivity contribution is -0.386. The van der Waals surface area contributed by atoms with E-state index < -0.39 is 27.2 Å². The first-order valence-electron chi connectivity index (χ1n) is 9.30. The first-order valence-corrected chi connectivity index (χ1v) is 10.7. The Hall–Kier alpha value is -3.24. The van der Waals surface area contributed by atoms with Gasteiger partial charge in [-0.1, -0.05) is 32.0 Å². The van der Waals surface area contributed by atoms with Crippen molar-refractivity contribution in [3.8, 4) is 5.75 Å². The van der Waals surface area contributed by atoms with Crippen LogP contribution in [0.1, 0.15) is 24.2 Å². The van der Waals surface area contributed by atoms with Crippen LogP contribution in [-0.2, 0) is 10.0 Å². The molecule has 0 aliphatic heterocycles. The van der Waals surface area contributed by atoms with E-state index in [0.717, 1.165) is 17.0 Å². The molecule has 3 rings (SSSR count). The summed E-state index contributed by atoms with van der Waals surface area (Å²) in [7, 11) is -3.86. The van der Waals surface area contributed by atoms with E-state index in [1.54, 1.807) is 32.2 Å². The zero-order valence-electron chi connectivity index (χ0n) is 16.5. The third-order valence-electron chi connectivity index (χ3n) is 4.72. The van der Waals surface area contributed by atoms with Gasteiger partial charge in [-0.2, -0.15) is 4.31 Å². The van der Waals surface area contributed by atoms with Crippen LogP contribution in [0.2, 0.25) is 0 Å². The maximum absolute atomic E-state index is 12.6. The van der Waals surface area contributed by atoms with Crippen LogP contribution >= 0.6 is 0 Å². The van der Waals surface area contributed by atoms with Crippen LogP contribution in [-0.4, -0.2) is 48.1 Å². The minimum absolute atomic E-state index is 0.174. The summed E-state index contributed by atoms with van der Waals surface area (Å²) in [6.07, 6.45) is 1.56. The highest BCUT2D eigenvalue weighted by molar-refractivity contribution is 7.89. The molecule has 1 N–H and O–H groups in total. The predicted octanol–water partition coefficient (Wildman–Crippen LogP) is 3.37. The number of para-hydroxylation sites is 1. The third-order valence-corrected chi connectivity index (χ3v) is 6.76. The highest BCUT2D eigenvalue weighted by Gasteiger charge is 2.26. The lowest BCUT2D eigenvalue weighted by atomic mass is 10.1. The number of sulfonamides is 1. The Kier molecular flexibility index (Phi) is 6.18. The Bertz CT molecular complexity index is 1200. The second-order valence-corrected chi connectivity index (χ2v) is 8.37. The van der Waals surface area contributed by atoms with Gasteiger partial charge in [-0.3, -0.25) is 14.9 Å². The van der Waals surface area contributed by atoms with Crippen molar-refractivity contribution in [1.82, 2.24) is 9.29 Å². The van der Waals surface area contributed by atoms with Crippen LogP contribution < -0.4 is 4.74 Å². The number of benzene rings is 2. The quantitative estimate of drug-likeness (QED) is 0.315. The zero-order chi connectivity index (χ0) is 21.9. The number of nitro groups is 1. The van der Waals surface area contributed by atoms with Crippen LogP contribution in [0.5, 0.6) is 5.75 Å². The first kappa shape index (κ1) is 21.5. The van der Waals surface area contributed by atoms with Crippen molar-refractivity contribution in [3.05, 3.63) is 64.3 Å². The van der Waals surface area contributed by atoms with Crippen LogP contribution in [0.15, 0.2) is 53.6 Å². The Labute approximate surface area is 173 Å². The molecule has 0 saturated carbocycles. The standard InChI is InChI=1S/C20H21N3O6S/c1-3-22(4-2)30(27,28)14-9-10-20(18(11-14)23(25)26)29-13-19(24)16-12-21-17-8-6-5-7-15(16)17/h5-12,21H,3-4,13H2,1-2H3. The number of aromatic amines is 1. The van der Waals surface area contributed by atoms with Crippen molar-refractivity contribution >= 4 is 32.4 Å². The maximum atomic E-state index is 12.6. The van der Waals surface area contributed by atoms with Crippen molar-refractivity contribution in [3.63, 3.8) is 0 Å². The fourth-order valence-corrected chi connectivity index (χ4v) is 4.64. The molecule has 0 aliphatic rings. The van der Waals surface area contributed by atoms with Gasteiger partial charge in [-0.25, -0.2) is 8.42 Å². The highest BCUT2D eigenvalue weighted by Crippen LogP contribution is 2.31. The number of carbonyl (C=O) groups excluding carboxylic acids is 1. The van der Waals surface area contributed by atoms with Gasteiger partial charge in [-0.15, -0.1) is 0 Å². The second kappa shape index (κ2) is 8.64. The number of fused-ring (bicyclic) bond motifs is 1. The number of ether oxygens (including phenoxy) is 1. The number of carbonyl (C=O) groups is 1. The average molecular weight is 431 g/mol. The lowest BCUT2D eigenvalue weighted by Crippen LogP contribution is -2.30. The zero-order valence-corrected chi connectivity index (χ0v) is 17.3. The molecule has 2 aromatic carbocycles. The van der Waals surface area contributed by atoms with Crippen molar-refractivity contribution in [2.75, 3.05) is 19.7 Å². The number of rotatable bonds is 9. The molecule has 0 spiro atoms. The normalized spacial score (nSPS) is 11.7. The number of hydrogen-bond donors (Lipinski definition) is 1. The fraction of sp³-hybridized carbons (Fsp3) is 0.250. The second-order valence-electron chi connectivity index (χ2n) is 6.44. The minimum atomic E-state index is -3.86. The molecule has 10 heteroatoms. The van der Waals surface area contributed by atoms with Crippen LogP contribution in [0.3, 0.4) is 0 Å². The molecule has 9 nitrogen and oxygen atoms in total. The summed E-state index contributed by atoms with van der Waals surface area (Å²) < 4.78 is 31.9. The van der Waals surface area contributed by atoms with Gasteiger partial charge in [0.2, 0.25) is 15.8 Å².